The van der Waals surface area contributed by atoms with Crippen LogP contribution in [0.25, 0.3) is 22.3 Å². The molecule has 2 aromatic carbocycles. The second-order valence-electron chi connectivity index (χ2n) is 6.03. The van der Waals surface area contributed by atoms with Crippen LogP contribution in [0.2, 0.25) is 0 Å². The second kappa shape index (κ2) is 7.47. The van der Waals surface area contributed by atoms with E-state index in [2.05, 4.69) is 0 Å². The number of halogens is 1. The van der Waals surface area contributed by atoms with E-state index in [9.17, 15) is 29.0 Å². The van der Waals surface area contributed by atoms with E-state index >= 15 is 0 Å². The smallest absolute Gasteiger partial charge is 0.342 e. The molecule has 8 nitrogen and oxygen atoms in total. The van der Waals surface area contributed by atoms with E-state index in [1.807, 2.05) is 4.98 Å². The normalized spacial score (nSPS) is 10.6. The fourth-order valence-electron chi connectivity index (χ4n) is 3.08. The topological polar surface area (TPSA) is 143 Å². The Balaban J connectivity index is 2.36. The molecule has 0 atom stereocenters. The van der Waals surface area contributed by atoms with Crippen molar-refractivity contribution in [3.63, 3.8) is 0 Å². The number of ether oxygens (including phenoxy) is 1. The van der Waals surface area contributed by atoms with Crippen LogP contribution in [-0.2, 0) is 0 Å². The fourth-order valence-corrected chi connectivity index (χ4v) is 3.08. The number of benzene rings is 2. The van der Waals surface area contributed by atoms with Gasteiger partial charge in [-0.1, -0.05) is 18.2 Å². The number of aromatic nitrogens is 1. The molecular formula is C20H15FN2O6. The molecule has 0 radical (unpaired) electrons. The number of nitrogens with one attached hydrogen (secondary N) is 1. The number of nitrogens with two attached hydrogens (primary N) is 1. The van der Waals surface area contributed by atoms with Crippen molar-refractivity contribution >= 4 is 17.8 Å². The van der Waals surface area contributed by atoms with Crippen LogP contribution in [0.15, 0.2) is 47.3 Å². The summed E-state index contributed by atoms with van der Waals surface area (Å²) in [6.07, 6.45) is 0. The molecule has 9 heteroatoms. The first-order valence-electron chi connectivity index (χ1n) is 8.21. The van der Waals surface area contributed by atoms with Crippen LogP contribution < -0.4 is 16.0 Å². The fraction of sp³-hybridized carbons (Fsp3) is 0.0500. The molecule has 3 rings (SSSR count). The average Bonchev–Trinajstić information content (AvgIpc) is 2.66. The van der Waals surface area contributed by atoms with Gasteiger partial charge in [-0.25, -0.2) is 14.0 Å². The summed E-state index contributed by atoms with van der Waals surface area (Å²) in [5, 5.41) is 19.0. The zero-order chi connectivity index (χ0) is 21.3. The van der Waals surface area contributed by atoms with E-state index in [4.69, 9.17) is 10.5 Å². The van der Waals surface area contributed by atoms with Crippen molar-refractivity contribution in [1.29, 1.82) is 0 Å². The molecule has 0 amide bonds. The van der Waals surface area contributed by atoms with Gasteiger partial charge in [0.05, 0.1) is 7.11 Å². The number of aromatic amines is 1. The minimum absolute atomic E-state index is 0.112. The van der Waals surface area contributed by atoms with E-state index in [1.165, 1.54) is 43.5 Å². The van der Waals surface area contributed by atoms with E-state index in [0.29, 0.717) is 16.9 Å². The molecule has 0 spiro atoms. The first-order chi connectivity index (χ1) is 13.7. The number of H-pyrrole nitrogens is 1. The SMILES string of the molecule is COc1ccc(F)cc1-c1cccc(-c2c(C(=O)O)c(N)[nH]c(=O)c2C(=O)O)c1. The third-order valence-electron chi connectivity index (χ3n) is 4.30. The Kier molecular flexibility index (Phi) is 5.05. The third kappa shape index (κ3) is 3.53. The molecule has 1 aromatic heterocycles. The van der Waals surface area contributed by atoms with Gasteiger partial charge in [0.1, 0.15) is 28.5 Å². The van der Waals surface area contributed by atoms with Crippen LogP contribution in [-0.4, -0.2) is 34.2 Å². The number of rotatable bonds is 5. The molecule has 3 aromatic rings. The van der Waals surface area contributed by atoms with Gasteiger partial charge in [0.15, 0.2) is 0 Å². The number of carboxylic acids is 2. The quantitative estimate of drug-likeness (QED) is 0.517. The average molecular weight is 398 g/mol. The van der Waals surface area contributed by atoms with Crippen molar-refractivity contribution in [3.05, 3.63) is 69.8 Å². The second-order valence-corrected chi connectivity index (χ2v) is 6.03. The predicted octanol–water partition coefficient (Wildman–Crippen LogP) is 2.84. The van der Waals surface area contributed by atoms with Gasteiger partial charge in [-0.3, -0.25) is 4.79 Å². The third-order valence-corrected chi connectivity index (χ3v) is 4.30. The molecule has 0 aliphatic rings. The molecule has 148 valence electrons. The Bertz CT molecular complexity index is 1200. The van der Waals surface area contributed by atoms with Crippen LogP contribution in [0.3, 0.4) is 0 Å². The van der Waals surface area contributed by atoms with Gasteiger partial charge in [0, 0.05) is 11.1 Å². The van der Waals surface area contributed by atoms with Crippen LogP contribution in [0.4, 0.5) is 10.2 Å². The lowest BCUT2D eigenvalue weighted by molar-refractivity contribution is 0.0695. The number of carboxylic acid groups (broad SMARTS) is 2. The molecule has 0 aliphatic carbocycles. The zero-order valence-corrected chi connectivity index (χ0v) is 15.0. The summed E-state index contributed by atoms with van der Waals surface area (Å²) in [6.45, 7) is 0. The summed E-state index contributed by atoms with van der Waals surface area (Å²) in [7, 11) is 1.41. The van der Waals surface area contributed by atoms with Crippen molar-refractivity contribution in [3.8, 4) is 28.0 Å². The highest BCUT2D eigenvalue weighted by Gasteiger charge is 2.26. The van der Waals surface area contributed by atoms with Gasteiger partial charge < -0.3 is 25.7 Å². The molecule has 0 saturated heterocycles. The van der Waals surface area contributed by atoms with Gasteiger partial charge in [-0.2, -0.15) is 0 Å². The van der Waals surface area contributed by atoms with E-state index in [0.717, 1.165) is 0 Å². The Labute approximate surface area is 163 Å². The number of hydrogen-bond donors (Lipinski definition) is 4. The van der Waals surface area contributed by atoms with Crippen molar-refractivity contribution in [2.24, 2.45) is 0 Å². The predicted molar refractivity (Wildman–Crippen MR) is 103 cm³/mol. The van der Waals surface area contributed by atoms with Crippen molar-refractivity contribution in [1.82, 2.24) is 4.98 Å². The largest absolute Gasteiger partial charge is 0.496 e. The summed E-state index contributed by atoms with van der Waals surface area (Å²) in [4.78, 5) is 37.6. The van der Waals surface area contributed by atoms with E-state index < -0.39 is 40.3 Å². The van der Waals surface area contributed by atoms with Gasteiger partial charge in [0.2, 0.25) is 0 Å². The molecule has 0 unspecified atom stereocenters. The maximum Gasteiger partial charge on any atom is 0.342 e. The van der Waals surface area contributed by atoms with Crippen LogP contribution >= 0.6 is 0 Å². The number of pyridine rings is 1. The molecule has 0 aliphatic heterocycles. The number of methoxy groups -OCH3 is 1. The summed E-state index contributed by atoms with van der Waals surface area (Å²) in [6, 6.07) is 9.86. The van der Waals surface area contributed by atoms with Gasteiger partial charge >= 0.3 is 11.9 Å². The van der Waals surface area contributed by atoms with E-state index in [1.54, 1.807) is 6.07 Å². The Morgan fingerprint density at radius 1 is 1.03 bits per heavy atom. The summed E-state index contributed by atoms with van der Waals surface area (Å²) in [5.74, 6) is -3.77. The summed E-state index contributed by atoms with van der Waals surface area (Å²) in [5.41, 5.74) is 3.84. The van der Waals surface area contributed by atoms with Crippen LogP contribution in [0, 0.1) is 5.82 Å². The van der Waals surface area contributed by atoms with Crippen molar-refractivity contribution in [2.45, 2.75) is 0 Å². The molecule has 1 heterocycles. The highest BCUT2D eigenvalue weighted by atomic mass is 19.1. The lowest BCUT2D eigenvalue weighted by Gasteiger charge is -2.14. The standard InChI is InChI=1S/C20H15FN2O6/c1-29-13-6-5-11(21)8-12(13)9-3-2-4-10(7-9)14-15(19(25)26)17(22)23-18(24)16(14)20(27)28/h2-8H,1H3,(H,25,26)(H,27,28)(H3,22,23,24). The molecular weight excluding hydrogens is 383 g/mol. The Morgan fingerprint density at radius 2 is 1.69 bits per heavy atom. The molecule has 29 heavy (non-hydrogen) atoms. The monoisotopic (exact) mass is 398 g/mol. The molecule has 0 bridgehead atoms. The summed E-state index contributed by atoms with van der Waals surface area (Å²) < 4.78 is 19.0. The highest BCUT2D eigenvalue weighted by Crippen LogP contribution is 2.35. The first-order valence-corrected chi connectivity index (χ1v) is 8.21. The number of aromatic carboxylic acids is 2. The van der Waals surface area contributed by atoms with Crippen molar-refractivity contribution in [2.75, 3.05) is 12.8 Å². The maximum atomic E-state index is 13.8. The lowest BCUT2D eigenvalue weighted by atomic mass is 9.92. The highest BCUT2D eigenvalue weighted by molar-refractivity contribution is 6.07. The zero-order valence-electron chi connectivity index (χ0n) is 15.0. The molecule has 0 fully saturated rings. The Hall–Kier alpha value is -4.14. The van der Waals surface area contributed by atoms with Crippen LogP contribution in [0.1, 0.15) is 20.7 Å². The number of anilines is 1. The minimum Gasteiger partial charge on any atom is -0.496 e. The van der Waals surface area contributed by atoms with E-state index in [-0.39, 0.29) is 11.1 Å². The van der Waals surface area contributed by atoms with Gasteiger partial charge in [-0.05, 0) is 35.4 Å². The minimum atomic E-state index is -1.61. The van der Waals surface area contributed by atoms with Gasteiger partial charge in [0.25, 0.3) is 5.56 Å². The molecule has 0 saturated carbocycles. The maximum absolute atomic E-state index is 13.8. The Morgan fingerprint density at radius 3 is 2.31 bits per heavy atom. The number of hydrogen-bond acceptors (Lipinski definition) is 5. The van der Waals surface area contributed by atoms with Crippen molar-refractivity contribution < 1.29 is 28.9 Å². The lowest BCUT2D eigenvalue weighted by Crippen LogP contribution is -2.24. The van der Waals surface area contributed by atoms with Gasteiger partial charge in [-0.15, -0.1) is 0 Å². The van der Waals surface area contributed by atoms with Crippen LogP contribution in [0.5, 0.6) is 5.75 Å². The number of nitrogen functional groups attached to an aromatic ring is 1. The molecule has 5 N–H and O–H groups in total. The summed E-state index contributed by atoms with van der Waals surface area (Å²) >= 11 is 0. The number of carbonyl (C=O) groups is 2. The first kappa shape index (κ1) is 19.6.